The molecular formula is C22H29ClN2O3. The molecule has 0 bridgehead atoms. The lowest BCUT2D eigenvalue weighted by Gasteiger charge is -2.19. The van der Waals surface area contributed by atoms with Crippen molar-refractivity contribution in [3.63, 3.8) is 0 Å². The fourth-order valence-electron chi connectivity index (χ4n) is 3.39. The van der Waals surface area contributed by atoms with Gasteiger partial charge in [-0.25, -0.2) is 0 Å². The van der Waals surface area contributed by atoms with Crippen molar-refractivity contribution in [1.82, 2.24) is 10.2 Å². The summed E-state index contributed by atoms with van der Waals surface area (Å²) >= 11 is 5.91. The van der Waals surface area contributed by atoms with E-state index in [1.54, 1.807) is 7.11 Å². The Labute approximate surface area is 172 Å². The summed E-state index contributed by atoms with van der Waals surface area (Å²) in [5, 5.41) is 14.2. The first-order valence-corrected chi connectivity index (χ1v) is 10.2. The Bertz CT molecular complexity index is 733. The van der Waals surface area contributed by atoms with Crippen molar-refractivity contribution in [2.45, 2.75) is 32.1 Å². The number of aliphatic hydroxyl groups is 1. The van der Waals surface area contributed by atoms with Crippen molar-refractivity contribution in [3.8, 4) is 11.5 Å². The number of hydrogen-bond acceptors (Lipinski definition) is 5. The van der Waals surface area contributed by atoms with E-state index in [-0.39, 0.29) is 6.10 Å². The third-order valence-electron chi connectivity index (χ3n) is 4.91. The van der Waals surface area contributed by atoms with Crippen molar-refractivity contribution in [2.75, 3.05) is 33.3 Å². The Morgan fingerprint density at radius 2 is 1.79 bits per heavy atom. The van der Waals surface area contributed by atoms with Gasteiger partial charge in [0.15, 0.2) is 11.5 Å². The van der Waals surface area contributed by atoms with Crippen LogP contribution in [-0.4, -0.2) is 49.4 Å². The van der Waals surface area contributed by atoms with Crippen LogP contribution in [0.3, 0.4) is 0 Å². The number of methoxy groups -OCH3 is 1. The zero-order valence-electron chi connectivity index (χ0n) is 16.4. The van der Waals surface area contributed by atoms with Crippen molar-refractivity contribution < 1.29 is 14.6 Å². The first kappa shape index (κ1) is 20.9. The number of hydrogen-bond donors (Lipinski definition) is 2. The highest BCUT2D eigenvalue weighted by atomic mass is 35.5. The molecule has 0 aliphatic carbocycles. The molecule has 0 saturated carbocycles. The highest BCUT2D eigenvalue weighted by Gasteiger charge is 2.15. The molecule has 6 heteroatoms. The van der Waals surface area contributed by atoms with Crippen LogP contribution in [0.2, 0.25) is 5.02 Å². The number of nitrogens with one attached hydrogen (secondary N) is 1. The molecule has 1 atom stereocenters. The lowest BCUT2D eigenvalue weighted by molar-refractivity contribution is 0.123. The number of rotatable bonds is 10. The van der Waals surface area contributed by atoms with Crippen LogP contribution >= 0.6 is 11.6 Å². The van der Waals surface area contributed by atoms with Crippen LogP contribution in [0, 0.1) is 0 Å². The van der Waals surface area contributed by atoms with Gasteiger partial charge in [0.1, 0.15) is 6.61 Å². The highest BCUT2D eigenvalue weighted by molar-refractivity contribution is 6.30. The Morgan fingerprint density at radius 3 is 2.50 bits per heavy atom. The second kappa shape index (κ2) is 10.7. The summed E-state index contributed by atoms with van der Waals surface area (Å²) in [5.41, 5.74) is 2.13. The van der Waals surface area contributed by atoms with E-state index < -0.39 is 0 Å². The number of benzene rings is 2. The molecule has 2 N–H and O–H groups in total. The molecule has 1 aliphatic heterocycles. The molecule has 28 heavy (non-hydrogen) atoms. The second-order valence-corrected chi connectivity index (χ2v) is 7.63. The number of halogens is 1. The molecule has 3 rings (SSSR count). The van der Waals surface area contributed by atoms with E-state index in [0.29, 0.717) is 36.2 Å². The molecule has 0 amide bonds. The molecule has 0 spiro atoms. The fourth-order valence-corrected chi connectivity index (χ4v) is 3.52. The summed E-state index contributed by atoms with van der Waals surface area (Å²) in [7, 11) is 1.64. The second-order valence-electron chi connectivity index (χ2n) is 7.19. The predicted molar refractivity (Wildman–Crippen MR) is 112 cm³/mol. The molecule has 2 aromatic carbocycles. The van der Waals surface area contributed by atoms with Crippen molar-refractivity contribution >= 4 is 11.6 Å². The molecule has 1 saturated heterocycles. The maximum atomic E-state index is 10.2. The molecule has 5 nitrogen and oxygen atoms in total. The van der Waals surface area contributed by atoms with Gasteiger partial charge >= 0.3 is 0 Å². The van der Waals surface area contributed by atoms with Crippen LogP contribution < -0.4 is 14.8 Å². The average molecular weight is 405 g/mol. The summed E-state index contributed by atoms with van der Waals surface area (Å²) in [6.45, 7) is 4.65. The van der Waals surface area contributed by atoms with Crippen molar-refractivity contribution in [3.05, 3.63) is 58.6 Å². The van der Waals surface area contributed by atoms with Crippen molar-refractivity contribution in [2.24, 2.45) is 0 Å². The van der Waals surface area contributed by atoms with Crippen LogP contribution in [0.5, 0.6) is 11.5 Å². The third-order valence-corrected chi connectivity index (χ3v) is 5.16. The normalized spacial score (nSPS) is 15.5. The molecule has 0 aromatic heterocycles. The topological polar surface area (TPSA) is 54.0 Å². The van der Waals surface area contributed by atoms with Gasteiger partial charge < -0.3 is 24.8 Å². The maximum Gasteiger partial charge on any atom is 0.161 e. The summed E-state index contributed by atoms with van der Waals surface area (Å²) in [6.07, 6.45) is 2.14. The zero-order valence-corrected chi connectivity index (χ0v) is 17.1. The minimum atomic E-state index is -0.345. The van der Waals surface area contributed by atoms with Gasteiger partial charge in [-0.3, -0.25) is 0 Å². The van der Waals surface area contributed by atoms with E-state index in [1.165, 1.54) is 12.8 Å². The lowest BCUT2D eigenvalue weighted by Crippen LogP contribution is -2.36. The van der Waals surface area contributed by atoms with Gasteiger partial charge in [0, 0.05) is 24.7 Å². The molecule has 1 heterocycles. The molecule has 152 valence electrons. The van der Waals surface area contributed by atoms with Gasteiger partial charge in [-0.1, -0.05) is 29.8 Å². The fraction of sp³-hybridized carbons (Fsp3) is 0.455. The van der Waals surface area contributed by atoms with Crippen LogP contribution in [0.25, 0.3) is 0 Å². The van der Waals surface area contributed by atoms with E-state index in [0.717, 1.165) is 30.8 Å². The molecule has 2 aromatic rings. The van der Waals surface area contributed by atoms with E-state index in [4.69, 9.17) is 21.1 Å². The number of β-amino-alcohol motifs (C(OH)–C–C–N with tert-alkyl or cyclic N) is 1. The summed E-state index contributed by atoms with van der Waals surface area (Å²) in [5.74, 6) is 1.40. The minimum absolute atomic E-state index is 0.345. The molecule has 1 fully saturated rings. The standard InChI is InChI=1S/C22H29ClN2O3/c1-27-22-12-18(13-24-14-20(26)15-25-10-2-3-11-25)6-9-21(22)28-16-17-4-7-19(23)8-5-17/h4-9,12,20,24,26H,2-3,10-11,13-16H2,1H3. The number of nitrogens with zero attached hydrogens (tertiary/aromatic N) is 1. The smallest absolute Gasteiger partial charge is 0.161 e. The van der Waals surface area contributed by atoms with E-state index in [1.807, 2.05) is 42.5 Å². The van der Waals surface area contributed by atoms with Gasteiger partial charge in [-0.2, -0.15) is 0 Å². The molecule has 1 aliphatic rings. The van der Waals surface area contributed by atoms with Gasteiger partial charge in [0.2, 0.25) is 0 Å². The highest BCUT2D eigenvalue weighted by Crippen LogP contribution is 2.29. The van der Waals surface area contributed by atoms with E-state index >= 15 is 0 Å². The van der Waals surface area contributed by atoms with Gasteiger partial charge in [-0.05, 0) is 61.3 Å². The van der Waals surface area contributed by atoms with Crippen molar-refractivity contribution in [1.29, 1.82) is 0 Å². The summed E-state index contributed by atoms with van der Waals surface area (Å²) in [4.78, 5) is 2.32. The van der Waals surface area contributed by atoms with E-state index in [9.17, 15) is 5.11 Å². The monoisotopic (exact) mass is 404 g/mol. The van der Waals surface area contributed by atoms with Crippen LogP contribution in [0.15, 0.2) is 42.5 Å². The SMILES string of the molecule is COc1cc(CNCC(O)CN2CCCC2)ccc1OCc1ccc(Cl)cc1. The van der Waals surface area contributed by atoms with Crippen LogP contribution in [-0.2, 0) is 13.2 Å². The first-order valence-electron chi connectivity index (χ1n) is 9.79. The predicted octanol–water partition coefficient (Wildman–Crippen LogP) is 3.47. The Hall–Kier alpha value is -1.79. The van der Waals surface area contributed by atoms with Gasteiger partial charge in [0.05, 0.1) is 13.2 Å². The van der Waals surface area contributed by atoms with Crippen LogP contribution in [0.4, 0.5) is 0 Å². The quantitative estimate of drug-likeness (QED) is 0.635. The largest absolute Gasteiger partial charge is 0.493 e. The molecule has 0 radical (unpaired) electrons. The lowest BCUT2D eigenvalue weighted by atomic mass is 10.2. The van der Waals surface area contributed by atoms with Gasteiger partial charge in [-0.15, -0.1) is 0 Å². The average Bonchev–Trinajstić information content (AvgIpc) is 3.21. The molecular weight excluding hydrogens is 376 g/mol. The third kappa shape index (κ3) is 6.38. The summed E-state index contributed by atoms with van der Waals surface area (Å²) in [6, 6.07) is 13.5. The number of aliphatic hydroxyl groups excluding tert-OH is 1. The molecule has 1 unspecified atom stereocenters. The van der Waals surface area contributed by atoms with Crippen LogP contribution in [0.1, 0.15) is 24.0 Å². The van der Waals surface area contributed by atoms with E-state index in [2.05, 4.69) is 10.2 Å². The Kier molecular flexibility index (Phi) is 7.98. The van der Waals surface area contributed by atoms with Gasteiger partial charge in [0.25, 0.3) is 0 Å². The number of likely N-dealkylation sites (tertiary alicyclic amines) is 1. The number of ether oxygens (including phenoxy) is 2. The summed E-state index contributed by atoms with van der Waals surface area (Å²) < 4.78 is 11.4. The maximum absolute atomic E-state index is 10.2. The first-order chi connectivity index (χ1) is 13.6. The Morgan fingerprint density at radius 1 is 1.07 bits per heavy atom. The Balaban J connectivity index is 1.47. The zero-order chi connectivity index (χ0) is 19.8. The minimum Gasteiger partial charge on any atom is -0.493 e.